The van der Waals surface area contributed by atoms with Gasteiger partial charge >= 0.3 is 23.3 Å². The Morgan fingerprint density at radius 2 is 1.33 bits per heavy atom. The molecule has 0 heterocycles. The Balaban J connectivity index is 0.000000583. The molecule has 0 unspecified atom stereocenters. The highest BCUT2D eigenvalue weighted by Gasteiger charge is 2.13. The quantitative estimate of drug-likeness (QED) is 0.625. The van der Waals surface area contributed by atoms with E-state index in [1.54, 1.807) is 0 Å². The minimum atomic E-state index is -1.23. The molecule has 0 atom stereocenters. The Bertz CT molecular complexity index is 318. The largest absolute Gasteiger partial charge is 0.506 e. The van der Waals surface area contributed by atoms with Crippen LogP contribution in [0.25, 0.3) is 0 Å². The van der Waals surface area contributed by atoms with Crippen LogP contribution in [0.5, 0.6) is 0 Å². The Morgan fingerprint density at radius 1 is 1.07 bits per heavy atom. The van der Waals surface area contributed by atoms with Crippen LogP contribution in [0.4, 0.5) is 0 Å². The van der Waals surface area contributed by atoms with E-state index in [-0.39, 0.29) is 22.5 Å². The second kappa shape index (κ2) is 6.77. The van der Waals surface area contributed by atoms with Crippen molar-refractivity contribution in [1.29, 1.82) is 0 Å². The van der Waals surface area contributed by atoms with Crippen molar-refractivity contribution in [3.05, 3.63) is 35.4 Å². The third-order valence-electron chi connectivity index (χ3n) is 1.39. The molecule has 0 aliphatic rings. The molecule has 1 rings (SSSR count). The highest BCUT2D eigenvalue weighted by atomic mass is 35.6. The topological polar surface area (TPSA) is 118 Å². The SMILES string of the molecule is O=C(O)c1ccccc1C(=O)O.[O-][Cl+]O. The molecular weight excluding hydrogens is 228 g/mol. The van der Waals surface area contributed by atoms with Crippen molar-refractivity contribution < 1.29 is 40.4 Å². The monoisotopic (exact) mass is 234 g/mol. The zero-order chi connectivity index (χ0) is 11.8. The fourth-order valence-electron chi connectivity index (χ4n) is 0.856. The lowest BCUT2D eigenvalue weighted by Crippen LogP contribution is -2.06. The summed E-state index contributed by atoms with van der Waals surface area (Å²) in [7, 11) is 0. The van der Waals surface area contributed by atoms with Gasteiger partial charge in [-0.25, -0.2) is 9.59 Å². The Hall–Kier alpha value is -1.63. The van der Waals surface area contributed by atoms with Crippen molar-refractivity contribution in [1.82, 2.24) is 0 Å². The van der Waals surface area contributed by atoms with Crippen LogP contribution in [0.15, 0.2) is 24.3 Å². The second-order valence-corrected chi connectivity index (χ2v) is 2.36. The zero-order valence-electron chi connectivity index (χ0n) is 7.25. The van der Waals surface area contributed by atoms with Crippen LogP contribution in [0.3, 0.4) is 0 Å². The Kier molecular flexibility index (Phi) is 6.03. The summed E-state index contributed by atoms with van der Waals surface area (Å²) in [5, 5.41) is 17.1. The van der Waals surface area contributed by atoms with Gasteiger partial charge in [-0.3, -0.25) is 0 Å². The van der Waals surface area contributed by atoms with E-state index < -0.39 is 11.9 Å². The molecule has 0 fully saturated rings. The Morgan fingerprint density at radius 3 is 1.53 bits per heavy atom. The smallest absolute Gasteiger partial charge is 0.336 e. The predicted molar refractivity (Wildman–Crippen MR) is 42.6 cm³/mol. The molecule has 3 N–H and O–H groups in total. The first-order valence-corrected chi connectivity index (χ1v) is 4.15. The van der Waals surface area contributed by atoms with Crippen molar-refractivity contribution in [3.63, 3.8) is 0 Å². The number of hydrogen-bond acceptors (Lipinski definition) is 4. The molecule has 0 saturated heterocycles. The lowest BCUT2D eigenvalue weighted by atomic mass is 10.1. The average molecular weight is 235 g/mol. The van der Waals surface area contributed by atoms with Gasteiger partial charge in [-0.05, 0) is 12.1 Å². The minimum Gasteiger partial charge on any atom is -0.506 e. The third kappa shape index (κ3) is 4.41. The van der Waals surface area contributed by atoms with Crippen LogP contribution in [0.2, 0.25) is 0 Å². The molecular formula is C8H7ClO6. The van der Waals surface area contributed by atoms with Gasteiger partial charge in [0.05, 0.1) is 11.1 Å². The number of carbonyl (C=O) groups is 2. The highest BCUT2D eigenvalue weighted by Crippen LogP contribution is 2.07. The van der Waals surface area contributed by atoms with E-state index in [9.17, 15) is 9.59 Å². The van der Waals surface area contributed by atoms with Gasteiger partial charge in [0.1, 0.15) is 0 Å². The van der Waals surface area contributed by atoms with Gasteiger partial charge in [0.2, 0.25) is 0 Å². The number of carboxylic acid groups (broad SMARTS) is 2. The van der Waals surface area contributed by atoms with Crippen LogP contribution in [-0.4, -0.2) is 26.8 Å². The van der Waals surface area contributed by atoms with Crippen molar-refractivity contribution in [2.75, 3.05) is 0 Å². The summed E-state index contributed by atoms with van der Waals surface area (Å²) in [4.78, 5) is 20.9. The fourth-order valence-corrected chi connectivity index (χ4v) is 0.856. The summed E-state index contributed by atoms with van der Waals surface area (Å²) in [5.41, 5.74) is -0.380. The highest BCUT2D eigenvalue weighted by molar-refractivity contribution is 6.01. The van der Waals surface area contributed by atoms with Gasteiger partial charge in [-0.15, -0.1) is 4.66 Å². The van der Waals surface area contributed by atoms with Crippen molar-refractivity contribution >= 4 is 11.9 Å². The molecule has 0 spiro atoms. The molecule has 1 aromatic carbocycles. The summed E-state index contributed by atoms with van der Waals surface area (Å²) in [6, 6.07) is 5.48. The normalized spacial score (nSPS) is 8.67. The molecule has 7 heteroatoms. The third-order valence-corrected chi connectivity index (χ3v) is 1.39. The van der Waals surface area contributed by atoms with E-state index in [4.69, 9.17) is 19.5 Å². The lowest BCUT2D eigenvalue weighted by molar-refractivity contribution is -1.27. The van der Waals surface area contributed by atoms with E-state index in [0.29, 0.717) is 0 Å². The summed E-state index contributed by atoms with van der Waals surface area (Å²) in [6.45, 7) is 0. The molecule has 0 bridgehead atoms. The standard InChI is InChI=1S/C8H6O4.ClHO2/c9-7(10)5-3-1-2-4-6(5)8(11)12;2-1-3/h1-4H,(H,9,10)(H,11,12);2H. The molecule has 0 saturated carbocycles. The number of carboxylic acids is 2. The van der Waals surface area contributed by atoms with E-state index in [2.05, 4.69) is 0 Å². The van der Waals surface area contributed by atoms with E-state index in [0.717, 1.165) is 0 Å². The number of halogens is 1. The minimum absolute atomic E-state index is 0.167. The van der Waals surface area contributed by atoms with Crippen LogP contribution in [-0.2, 0) is 0 Å². The molecule has 82 valence electrons. The number of hydrogen-bond donors (Lipinski definition) is 3. The number of aromatic carboxylic acids is 2. The van der Waals surface area contributed by atoms with Crippen LogP contribution in [0, 0.1) is 11.3 Å². The first-order chi connectivity index (χ1) is 7.04. The van der Waals surface area contributed by atoms with Gasteiger partial charge in [0, 0.05) is 0 Å². The average Bonchev–Trinajstić information content (AvgIpc) is 2.19. The van der Waals surface area contributed by atoms with Gasteiger partial charge in [0.15, 0.2) is 0 Å². The number of rotatable bonds is 2. The second-order valence-electron chi connectivity index (χ2n) is 2.22. The van der Waals surface area contributed by atoms with Gasteiger partial charge in [-0.1, -0.05) is 12.1 Å². The molecule has 15 heavy (non-hydrogen) atoms. The first-order valence-electron chi connectivity index (χ1n) is 3.51. The maximum Gasteiger partial charge on any atom is 0.336 e. The van der Waals surface area contributed by atoms with Gasteiger partial charge in [0.25, 0.3) is 0 Å². The first kappa shape index (κ1) is 13.4. The summed E-state index contributed by atoms with van der Waals surface area (Å²) in [5.74, 6) is -2.46. The van der Waals surface area contributed by atoms with Crippen molar-refractivity contribution in [2.24, 2.45) is 0 Å². The summed E-state index contributed by atoms with van der Waals surface area (Å²) >= 11 is -0.167. The Labute approximate surface area is 88.5 Å². The zero-order valence-corrected chi connectivity index (χ0v) is 8.01. The van der Waals surface area contributed by atoms with E-state index in [1.807, 2.05) is 0 Å². The fraction of sp³-hybridized carbons (Fsp3) is 0. The summed E-state index contributed by atoms with van der Waals surface area (Å²) < 4.78 is 15.2. The maximum atomic E-state index is 10.5. The summed E-state index contributed by atoms with van der Waals surface area (Å²) in [6.07, 6.45) is 0. The molecule has 1 aromatic rings. The maximum absolute atomic E-state index is 10.5. The van der Waals surface area contributed by atoms with Crippen LogP contribution < -0.4 is 4.66 Å². The number of benzene rings is 1. The lowest BCUT2D eigenvalue weighted by Gasteiger charge is -1.98. The van der Waals surface area contributed by atoms with Gasteiger partial charge < -0.3 is 14.9 Å². The van der Waals surface area contributed by atoms with Gasteiger partial charge in [-0.2, -0.15) is 0 Å². The molecule has 0 aliphatic carbocycles. The molecule has 0 amide bonds. The molecule has 6 nitrogen and oxygen atoms in total. The van der Waals surface area contributed by atoms with Crippen LogP contribution in [0.1, 0.15) is 20.7 Å². The van der Waals surface area contributed by atoms with E-state index in [1.165, 1.54) is 24.3 Å². The van der Waals surface area contributed by atoms with Crippen molar-refractivity contribution in [3.8, 4) is 0 Å². The van der Waals surface area contributed by atoms with E-state index >= 15 is 0 Å². The molecule has 0 radical (unpaired) electrons. The molecule has 0 aromatic heterocycles. The van der Waals surface area contributed by atoms with Crippen LogP contribution >= 0.6 is 0 Å². The molecule has 0 aliphatic heterocycles. The predicted octanol–water partition coefficient (Wildman–Crippen LogP) is -0.663. The van der Waals surface area contributed by atoms with Crippen molar-refractivity contribution in [2.45, 2.75) is 0 Å².